The number of unbranched alkanes of at least 4 members (excludes halogenated alkanes) is 5. The first-order valence-corrected chi connectivity index (χ1v) is 7.07. The smallest absolute Gasteiger partial charge is 0.0547 e. The monoisotopic (exact) mass is 298 g/mol. The normalized spacial score (nSPS) is 13.2. The quantitative estimate of drug-likeness (QED) is 0.388. The van der Waals surface area contributed by atoms with Gasteiger partial charge in [0.25, 0.3) is 0 Å². The topological polar surface area (TPSA) is 20.2 Å². The predicted molar refractivity (Wildman–Crippen MR) is 67.5 cm³/mol. The van der Waals surface area contributed by atoms with Gasteiger partial charge in [0.15, 0.2) is 0 Å². The zero-order valence-electron chi connectivity index (χ0n) is 8.77. The Kier molecular flexibility index (Phi) is 11.3. The van der Waals surface area contributed by atoms with Gasteiger partial charge in [0.2, 0.25) is 0 Å². The van der Waals surface area contributed by atoms with Crippen LogP contribution in [0.3, 0.4) is 0 Å². The minimum Gasteiger partial charge on any atom is -0.393 e. The van der Waals surface area contributed by atoms with Crippen molar-refractivity contribution in [3.8, 4) is 0 Å². The van der Waals surface area contributed by atoms with Crippen LogP contribution in [0.1, 0.15) is 58.3 Å². The summed E-state index contributed by atoms with van der Waals surface area (Å²) in [6.45, 7) is 2.24. The first-order valence-electron chi connectivity index (χ1n) is 5.55. The summed E-state index contributed by atoms with van der Waals surface area (Å²) in [6.07, 6.45) is 9.87. The summed E-state index contributed by atoms with van der Waals surface area (Å²) in [5.74, 6) is 0. The van der Waals surface area contributed by atoms with Crippen molar-refractivity contribution in [1.29, 1.82) is 0 Å². The third-order valence-corrected chi connectivity index (χ3v) is 2.96. The fraction of sp³-hybridized carbons (Fsp3) is 1.00. The second-order valence-electron chi connectivity index (χ2n) is 3.69. The number of hydrogen-bond acceptors (Lipinski definition) is 1. The van der Waals surface area contributed by atoms with Crippen LogP contribution in [0, 0.1) is 0 Å². The third-order valence-electron chi connectivity index (χ3n) is 2.33. The van der Waals surface area contributed by atoms with Crippen LogP contribution < -0.4 is 0 Å². The van der Waals surface area contributed by atoms with Gasteiger partial charge in [0.05, 0.1) is 6.10 Å². The molecule has 0 amide bonds. The van der Waals surface area contributed by atoms with Crippen LogP contribution in [-0.4, -0.2) is 15.6 Å². The Morgan fingerprint density at radius 2 is 1.62 bits per heavy atom. The molecule has 0 rings (SSSR count). The Morgan fingerprint density at radius 1 is 1.00 bits per heavy atom. The zero-order valence-corrected chi connectivity index (χ0v) is 10.9. The zero-order chi connectivity index (χ0) is 9.94. The van der Waals surface area contributed by atoms with Gasteiger partial charge in [-0.25, -0.2) is 0 Å². The number of hydrogen-bond donors (Lipinski definition) is 1. The molecule has 80 valence electrons. The largest absolute Gasteiger partial charge is 0.393 e. The lowest BCUT2D eigenvalue weighted by atomic mass is 10.1. The maximum Gasteiger partial charge on any atom is 0.0547 e. The highest BCUT2D eigenvalue weighted by atomic mass is 127. The van der Waals surface area contributed by atoms with E-state index in [0.29, 0.717) is 0 Å². The Balaban J connectivity index is 2.97. The molecule has 1 N–H and O–H groups in total. The van der Waals surface area contributed by atoms with E-state index in [9.17, 15) is 5.11 Å². The summed E-state index contributed by atoms with van der Waals surface area (Å²) >= 11 is 2.32. The van der Waals surface area contributed by atoms with E-state index in [2.05, 4.69) is 29.5 Å². The lowest BCUT2D eigenvalue weighted by Crippen LogP contribution is -2.06. The van der Waals surface area contributed by atoms with Gasteiger partial charge in [-0.2, -0.15) is 0 Å². The van der Waals surface area contributed by atoms with Crippen LogP contribution in [0.15, 0.2) is 0 Å². The fourth-order valence-corrected chi connectivity index (χ4v) is 2.15. The Labute approximate surface area is 96.4 Å². The lowest BCUT2D eigenvalue weighted by Gasteiger charge is -2.07. The van der Waals surface area contributed by atoms with Crippen LogP contribution in [0.2, 0.25) is 0 Å². The summed E-state index contributed by atoms with van der Waals surface area (Å²) in [6, 6.07) is 0. The molecular weight excluding hydrogens is 275 g/mol. The molecule has 0 aromatic heterocycles. The second-order valence-corrected chi connectivity index (χ2v) is 4.77. The van der Waals surface area contributed by atoms with Crippen LogP contribution in [0.4, 0.5) is 0 Å². The first kappa shape index (κ1) is 13.7. The van der Waals surface area contributed by atoms with E-state index < -0.39 is 0 Å². The lowest BCUT2D eigenvalue weighted by molar-refractivity contribution is 0.158. The van der Waals surface area contributed by atoms with Crippen LogP contribution >= 0.6 is 22.6 Å². The highest BCUT2D eigenvalue weighted by Gasteiger charge is 2.01. The molecule has 0 aromatic carbocycles. The van der Waals surface area contributed by atoms with E-state index in [1.54, 1.807) is 0 Å². The van der Waals surface area contributed by atoms with Crippen molar-refractivity contribution in [3.05, 3.63) is 0 Å². The minimum atomic E-state index is -0.0388. The second kappa shape index (κ2) is 10.8. The van der Waals surface area contributed by atoms with Crippen molar-refractivity contribution >= 4 is 22.6 Å². The molecule has 1 nitrogen and oxygen atoms in total. The number of alkyl halides is 1. The molecular formula is C11H23IO. The molecule has 0 spiro atoms. The molecule has 0 bridgehead atoms. The summed E-state index contributed by atoms with van der Waals surface area (Å²) < 4.78 is 1.08. The third kappa shape index (κ3) is 10.6. The maximum atomic E-state index is 9.45. The van der Waals surface area contributed by atoms with E-state index in [-0.39, 0.29) is 6.10 Å². The average molecular weight is 298 g/mol. The average Bonchev–Trinajstić information content (AvgIpc) is 2.11. The molecule has 0 aliphatic rings. The molecule has 0 aromatic rings. The molecule has 1 atom stereocenters. The van der Waals surface area contributed by atoms with Crippen LogP contribution in [0.25, 0.3) is 0 Å². The standard InChI is InChI=1S/C11H23IO/c1-2-3-4-5-6-7-8-11(13)9-10-12/h11,13H,2-10H2,1H3. The molecule has 13 heavy (non-hydrogen) atoms. The van der Waals surface area contributed by atoms with Crippen molar-refractivity contribution in [2.45, 2.75) is 64.4 Å². The first-order chi connectivity index (χ1) is 6.31. The number of aliphatic hydroxyl groups is 1. The molecule has 0 fully saturated rings. The van der Waals surface area contributed by atoms with E-state index in [0.717, 1.165) is 17.3 Å². The number of rotatable bonds is 9. The summed E-state index contributed by atoms with van der Waals surface area (Å²) in [4.78, 5) is 0. The van der Waals surface area contributed by atoms with Crippen molar-refractivity contribution < 1.29 is 5.11 Å². The van der Waals surface area contributed by atoms with Crippen molar-refractivity contribution in [2.24, 2.45) is 0 Å². The van der Waals surface area contributed by atoms with Gasteiger partial charge in [0, 0.05) is 4.43 Å². The Bertz CT molecular complexity index is 96.1. The molecule has 0 saturated carbocycles. The van der Waals surface area contributed by atoms with Gasteiger partial charge in [-0.1, -0.05) is 68.0 Å². The van der Waals surface area contributed by atoms with Gasteiger partial charge in [-0.05, 0) is 12.8 Å². The predicted octanol–water partition coefficient (Wildman–Crippen LogP) is 3.92. The van der Waals surface area contributed by atoms with Crippen molar-refractivity contribution in [2.75, 3.05) is 4.43 Å². The number of aliphatic hydroxyl groups excluding tert-OH is 1. The summed E-state index contributed by atoms with van der Waals surface area (Å²) in [5.41, 5.74) is 0. The van der Waals surface area contributed by atoms with E-state index >= 15 is 0 Å². The van der Waals surface area contributed by atoms with E-state index in [1.165, 1.54) is 38.5 Å². The molecule has 0 saturated heterocycles. The SMILES string of the molecule is CCCCCCCCC(O)CCI. The van der Waals surface area contributed by atoms with Gasteiger partial charge in [0.1, 0.15) is 0 Å². The molecule has 0 aliphatic heterocycles. The summed E-state index contributed by atoms with van der Waals surface area (Å²) in [5, 5.41) is 9.45. The minimum absolute atomic E-state index is 0.0388. The van der Waals surface area contributed by atoms with Crippen molar-refractivity contribution in [1.82, 2.24) is 0 Å². The van der Waals surface area contributed by atoms with Crippen molar-refractivity contribution in [3.63, 3.8) is 0 Å². The number of halogens is 1. The van der Waals surface area contributed by atoms with Gasteiger partial charge >= 0.3 is 0 Å². The molecule has 0 aliphatic carbocycles. The molecule has 0 radical (unpaired) electrons. The van der Waals surface area contributed by atoms with E-state index in [1.807, 2.05) is 0 Å². The van der Waals surface area contributed by atoms with Gasteiger partial charge in [-0.3, -0.25) is 0 Å². The highest BCUT2D eigenvalue weighted by molar-refractivity contribution is 14.1. The van der Waals surface area contributed by atoms with Gasteiger partial charge < -0.3 is 5.11 Å². The Morgan fingerprint density at radius 3 is 2.23 bits per heavy atom. The van der Waals surface area contributed by atoms with Crippen LogP contribution in [-0.2, 0) is 0 Å². The molecule has 1 unspecified atom stereocenters. The highest BCUT2D eigenvalue weighted by Crippen LogP contribution is 2.10. The van der Waals surface area contributed by atoms with Gasteiger partial charge in [-0.15, -0.1) is 0 Å². The van der Waals surface area contributed by atoms with E-state index in [4.69, 9.17) is 0 Å². The maximum absolute atomic E-state index is 9.45. The fourth-order valence-electron chi connectivity index (χ4n) is 1.43. The molecule has 0 heterocycles. The Hall–Kier alpha value is 0.690. The summed E-state index contributed by atoms with van der Waals surface area (Å²) in [7, 11) is 0. The molecule has 2 heteroatoms. The van der Waals surface area contributed by atoms with Crippen LogP contribution in [0.5, 0.6) is 0 Å².